The summed E-state index contributed by atoms with van der Waals surface area (Å²) in [6, 6.07) is 4.64. The van der Waals surface area contributed by atoms with Crippen LogP contribution in [0.5, 0.6) is 5.75 Å². The molecule has 0 heterocycles. The first-order chi connectivity index (χ1) is 9.76. The van der Waals surface area contributed by atoms with Crippen LogP contribution in [-0.4, -0.2) is 21.1 Å². The molecule has 1 aromatic carbocycles. The van der Waals surface area contributed by atoms with E-state index in [1.807, 2.05) is 6.92 Å². The van der Waals surface area contributed by atoms with Gasteiger partial charge in [0.1, 0.15) is 10.6 Å². The summed E-state index contributed by atoms with van der Waals surface area (Å²) in [5.74, 6) is 0.343. The molecule has 0 bridgehead atoms. The minimum atomic E-state index is -3.65. The summed E-state index contributed by atoms with van der Waals surface area (Å²) in [5.41, 5.74) is 6.11. The van der Waals surface area contributed by atoms with E-state index in [9.17, 15) is 8.42 Å². The lowest BCUT2D eigenvalue weighted by Crippen LogP contribution is -2.41. The van der Waals surface area contributed by atoms with Crippen LogP contribution in [-0.2, 0) is 10.0 Å². The van der Waals surface area contributed by atoms with Crippen LogP contribution in [0.25, 0.3) is 0 Å². The highest BCUT2D eigenvalue weighted by Gasteiger charge is 2.37. The van der Waals surface area contributed by atoms with E-state index in [-0.39, 0.29) is 16.4 Å². The van der Waals surface area contributed by atoms with Gasteiger partial charge in [0.2, 0.25) is 10.0 Å². The van der Waals surface area contributed by atoms with Gasteiger partial charge in [-0.2, -0.15) is 0 Å². The van der Waals surface area contributed by atoms with Gasteiger partial charge in [0.25, 0.3) is 0 Å². The molecule has 1 saturated carbocycles. The van der Waals surface area contributed by atoms with Gasteiger partial charge < -0.3 is 10.5 Å². The number of hydrogen-bond donors (Lipinski definition) is 2. The highest BCUT2D eigenvalue weighted by atomic mass is 32.2. The maximum atomic E-state index is 12.7. The second-order valence-corrected chi connectivity index (χ2v) is 7.88. The Kier molecular flexibility index (Phi) is 4.49. The van der Waals surface area contributed by atoms with Gasteiger partial charge in [0.05, 0.1) is 6.61 Å². The number of ether oxygens (including phenoxy) is 1. The van der Waals surface area contributed by atoms with E-state index in [2.05, 4.69) is 18.6 Å². The van der Waals surface area contributed by atoms with E-state index in [0.29, 0.717) is 18.0 Å². The van der Waals surface area contributed by atoms with Crippen molar-refractivity contribution in [3.05, 3.63) is 18.2 Å². The third-order valence-electron chi connectivity index (χ3n) is 4.11. The Morgan fingerprint density at radius 3 is 2.71 bits per heavy atom. The fourth-order valence-electron chi connectivity index (χ4n) is 2.81. The third kappa shape index (κ3) is 3.49. The summed E-state index contributed by atoms with van der Waals surface area (Å²) in [5, 5.41) is 0. The predicted molar refractivity (Wildman–Crippen MR) is 83.8 cm³/mol. The molecule has 0 saturated heterocycles. The molecule has 0 radical (unpaired) electrons. The average Bonchev–Trinajstić information content (AvgIpc) is 2.70. The molecule has 2 rings (SSSR count). The van der Waals surface area contributed by atoms with Gasteiger partial charge in [-0.25, -0.2) is 13.1 Å². The molecule has 1 aliphatic rings. The molecule has 1 atom stereocenters. The van der Waals surface area contributed by atoms with Crippen LogP contribution < -0.4 is 15.2 Å². The van der Waals surface area contributed by atoms with Gasteiger partial charge >= 0.3 is 0 Å². The Morgan fingerprint density at radius 2 is 2.14 bits per heavy atom. The van der Waals surface area contributed by atoms with Crippen molar-refractivity contribution >= 4 is 15.7 Å². The Morgan fingerprint density at radius 1 is 1.43 bits per heavy atom. The number of hydrogen-bond acceptors (Lipinski definition) is 4. The van der Waals surface area contributed by atoms with Gasteiger partial charge in [-0.3, -0.25) is 0 Å². The standard InChI is InChI=1S/C15H24N2O3S/c1-4-20-12-8-7-11(16)10-13(12)21(18,19)17-14-6-5-9-15(14,2)3/h7-8,10,14,17H,4-6,9,16H2,1-3H3. The lowest BCUT2D eigenvalue weighted by Gasteiger charge is -2.27. The first-order valence-electron chi connectivity index (χ1n) is 7.31. The van der Waals surface area contributed by atoms with Crippen LogP contribution in [0.4, 0.5) is 5.69 Å². The van der Waals surface area contributed by atoms with Crippen LogP contribution in [0.2, 0.25) is 0 Å². The van der Waals surface area contributed by atoms with Crippen molar-refractivity contribution in [2.24, 2.45) is 5.41 Å². The number of nitrogens with one attached hydrogen (secondary N) is 1. The zero-order chi connectivity index (χ0) is 15.7. The number of sulfonamides is 1. The van der Waals surface area contributed by atoms with Crippen LogP contribution in [0.3, 0.4) is 0 Å². The number of anilines is 1. The fourth-order valence-corrected chi connectivity index (χ4v) is 4.43. The van der Waals surface area contributed by atoms with Crippen LogP contribution in [0.1, 0.15) is 40.0 Å². The smallest absolute Gasteiger partial charge is 0.244 e. The molecule has 3 N–H and O–H groups in total. The van der Waals surface area contributed by atoms with E-state index in [0.717, 1.165) is 19.3 Å². The van der Waals surface area contributed by atoms with Crippen molar-refractivity contribution in [3.8, 4) is 5.75 Å². The molecule has 0 aliphatic heterocycles. The van der Waals surface area contributed by atoms with E-state index in [4.69, 9.17) is 10.5 Å². The highest BCUT2D eigenvalue weighted by molar-refractivity contribution is 7.89. The zero-order valence-electron chi connectivity index (χ0n) is 12.8. The summed E-state index contributed by atoms with van der Waals surface area (Å²) in [7, 11) is -3.65. The van der Waals surface area contributed by atoms with Crippen molar-refractivity contribution in [3.63, 3.8) is 0 Å². The largest absolute Gasteiger partial charge is 0.492 e. The summed E-state index contributed by atoms with van der Waals surface area (Å²) >= 11 is 0. The normalized spacial score (nSPS) is 21.4. The molecule has 1 fully saturated rings. The molecule has 6 heteroatoms. The van der Waals surface area contributed by atoms with Gasteiger partial charge in [-0.05, 0) is 43.4 Å². The van der Waals surface area contributed by atoms with Gasteiger partial charge in [-0.1, -0.05) is 20.3 Å². The molecule has 0 spiro atoms. The molecule has 1 aromatic rings. The van der Waals surface area contributed by atoms with Crippen molar-refractivity contribution < 1.29 is 13.2 Å². The van der Waals surface area contributed by atoms with Crippen LogP contribution >= 0.6 is 0 Å². The number of rotatable bonds is 5. The second kappa shape index (κ2) is 5.85. The minimum absolute atomic E-state index is 0.0286. The minimum Gasteiger partial charge on any atom is -0.492 e. The van der Waals surface area contributed by atoms with Crippen molar-refractivity contribution in [1.82, 2.24) is 4.72 Å². The average molecular weight is 312 g/mol. The van der Waals surface area contributed by atoms with Crippen molar-refractivity contribution in [2.75, 3.05) is 12.3 Å². The lowest BCUT2D eigenvalue weighted by atomic mass is 9.88. The van der Waals surface area contributed by atoms with E-state index >= 15 is 0 Å². The van der Waals surface area contributed by atoms with E-state index in [1.54, 1.807) is 12.1 Å². The number of nitrogens with two attached hydrogens (primary N) is 1. The Bertz CT molecular complexity index is 611. The highest BCUT2D eigenvalue weighted by Crippen LogP contribution is 2.38. The first kappa shape index (κ1) is 16.1. The monoisotopic (exact) mass is 312 g/mol. The van der Waals surface area contributed by atoms with Gasteiger partial charge in [0, 0.05) is 11.7 Å². The lowest BCUT2D eigenvalue weighted by molar-refractivity contribution is 0.310. The molecule has 1 aliphatic carbocycles. The summed E-state index contributed by atoms with van der Waals surface area (Å²) in [6.07, 6.45) is 2.92. The maximum Gasteiger partial charge on any atom is 0.244 e. The van der Waals surface area contributed by atoms with Gasteiger partial charge in [-0.15, -0.1) is 0 Å². The Hall–Kier alpha value is -1.27. The van der Waals surface area contributed by atoms with Crippen LogP contribution in [0.15, 0.2) is 23.1 Å². The van der Waals surface area contributed by atoms with E-state index < -0.39 is 10.0 Å². The van der Waals surface area contributed by atoms with Gasteiger partial charge in [0.15, 0.2) is 0 Å². The maximum absolute atomic E-state index is 12.7. The Labute approximate surface area is 126 Å². The SMILES string of the molecule is CCOc1ccc(N)cc1S(=O)(=O)NC1CCCC1(C)C. The summed E-state index contributed by atoms with van der Waals surface area (Å²) in [4.78, 5) is 0.118. The van der Waals surface area contributed by atoms with Crippen LogP contribution in [0, 0.1) is 5.41 Å². The third-order valence-corrected chi connectivity index (χ3v) is 5.60. The number of benzene rings is 1. The molecule has 0 aromatic heterocycles. The zero-order valence-corrected chi connectivity index (χ0v) is 13.7. The Balaban J connectivity index is 2.33. The van der Waals surface area contributed by atoms with Crippen molar-refractivity contribution in [2.45, 2.75) is 51.0 Å². The topological polar surface area (TPSA) is 81.4 Å². The summed E-state index contributed by atoms with van der Waals surface area (Å²) in [6.45, 7) is 6.41. The molecule has 21 heavy (non-hydrogen) atoms. The molecule has 1 unspecified atom stereocenters. The molecule has 118 valence electrons. The molecular formula is C15H24N2O3S. The van der Waals surface area contributed by atoms with Crippen molar-refractivity contribution in [1.29, 1.82) is 0 Å². The van der Waals surface area contributed by atoms with E-state index in [1.165, 1.54) is 6.07 Å². The fraction of sp³-hybridized carbons (Fsp3) is 0.600. The molecular weight excluding hydrogens is 288 g/mol. The second-order valence-electron chi connectivity index (χ2n) is 6.19. The first-order valence-corrected chi connectivity index (χ1v) is 8.79. The quantitative estimate of drug-likeness (QED) is 0.819. The molecule has 5 nitrogen and oxygen atoms in total. The summed E-state index contributed by atoms with van der Waals surface area (Å²) < 4.78 is 33.6. The molecule has 0 amide bonds. The predicted octanol–water partition coefficient (Wildman–Crippen LogP) is 2.52. The number of nitrogen functional groups attached to an aromatic ring is 1.